The molecule has 0 radical (unpaired) electrons. The largest absolute Gasteiger partial charge is 0.496 e. The van der Waals surface area contributed by atoms with Crippen molar-refractivity contribution < 1.29 is 9.47 Å². The van der Waals surface area contributed by atoms with Crippen LogP contribution < -0.4 is 15.2 Å². The standard InChI is InChI=1S/C28H26N2O3/c1-5-16-33-23-14-15-25-24(17-23)27(21-12-10-20(11-13-21)19(2)3)29-28(31)30(25)18-22-8-6-7-9-26(22)32-4/h1,6-15,17,19H,16,18H2,2-4H3. The molecule has 0 atom stereocenters. The maximum absolute atomic E-state index is 13.2. The van der Waals surface area contributed by atoms with E-state index in [2.05, 4.69) is 36.9 Å². The van der Waals surface area contributed by atoms with Crippen LogP contribution in [-0.4, -0.2) is 23.3 Å². The molecule has 0 saturated carbocycles. The second kappa shape index (κ2) is 9.62. The number of rotatable bonds is 7. The molecule has 5 heteroatoms. The number of terminal acetylenes is 1. The van der Waals surface area contributed by atoms with Gasteiger partial charge in [0.05, 0.1) is 24.9 Å². The molecule has 3 aromatic carbocycles. The fourth-order valence-electron chi connectivity index (χ4n) is 3.88. The van der Waals surface area contributed by atoms with Crippen LogP contribution in [0.3, 0.4) is 0 Å². The Hall–Kier alpha value is -4.04. The first kappa shape index (κ1) is 22.2. The summed E-state index contributed by atoms with van der Waals surface area (Å²) in [6.07, 6.45) is 5.36. The summed E-state index contributed by atoms with van der Waals surface area (Å²) in [5, 5.41) is 0.816. The topological polar surface area (TPSA) is 53.3 Å². The van der Waals surface area contributed by atoms with Gasteiger partial charge in [0.1, 0.15) is 18.1 Å². The normalized spacial score (nSPS) is 10.9. The van der Waals surface area contributed by atoms with Crippen LogP contribution >= 0.6 is 0 Å². The Kier molecular flexibility index (Phi) is 6.46. The van der Waals surface area contributed by atoms with Gasteiger partial charge >= 0.3 is 5.69 Å². The molecule has 0 saturated heterocycles. The molecule has 1 aromatic heterocycles. The third-order valence-electron chi connectivity index (χ3n) is 5.65. The predicted octanol–water partition coefficient (Wildman–Crippen LogP) is 5.26. The van der Waals surface area contributed by atoms with Gasteiger partial charge in [-0.15, -0.1) is 6.42 Å². The van der Waals surface area contributed by atoms with Gasteiger partial charge in [-0.1, -0.05) is 62.2 Å². The number of benzene rings is 3. The first-order valence-corrected chi connectivity index (χ1v) is 10.8. The summed E-state index contributed by atoms with van der Waals surface area (Å²) in [4.78, 5) is 17.7. The van der Waals surface area contributed by atoms with Crippen LogP contribution in [0, 0.1) is 12.3 Å². The number of fused-ring (bicyclic) bond motifs is 1. The molecule has 0 spiro atoms. The van der Waals surface area contributed by atoms with E-state index in [4.69, 9.17) is 15.9 Å². The number of hydrogen-bond donors (Lipinski definition) is 0. The molecule has 0 aliphatic heterocycles. The lowest BCUT2D eigenvalue weighted by molar-refractivity contribution is 0.371. The Labute approximate surface area is 193 Å². The maximum atomic E-state index is 13.2. The lowest BCUT2D eigenvalue weighted by atomic mass is 9.99. The molecule has 33 heavy (non-hydrogen) atoms. The molecule has 0 aliphatic carbocycles. The van der Waals surface area contributed by atoms with Gasteiger partial charge in [-0.3, -0.25) is 4.57 Å². The molecule has 0 bridgehead atoms. The summed E-state index contributed by atoms with van der Waals surface area (Å²) in [6, 6.07) is 21.4. The summed E-state index contributed by atoms with van der Waals surface area (Å²) in [5.41, 5.74) is 4.05. The summed E-state index contributed by atoms with van der Waals surface area (Å²) in [5.74, 6) is 4.26. The van der Waals surface area contributed by atoms with E-state index in [-0.39, 0.29) is 12.3 Å². The van der Waals surface area contributed by atoms with E-state index < -0.39 is 0 Å². The van der Waals surface area contributed by atoms with Gasteiger partial charge < -0.3 is 9.47 Å². The third-order valence-corrected chi connectivity index (χ3v) is 5.65. The third kappa shape index (κ3) is 4.61. The number of nitrogens with zero attached hydrogens (tertiary/aromatic N) is 2. The van der Waals surface area contributed by atoms with Crippen LogP contribution in [0.4, 0.5) is 0 Å². The highest BCUT2D eigenvalue weighted by Crippen LogP contribution is 2.30. The molecule has 0 amide bonds. The fourth-order valence-corrected chi connectivity index (χ4v) is 3.88. The second-order valence-electron chi connectivity index (χ2n) is 8.09. The zero-order chi connectivity index (χ0) is 23.4. The van der Waals surface area contributed by atoms with E-state index in [9.17, 15) is 4.79 Å². The van der Waals surface area contributed by atoms with Gasteiger partial charge in [0, 0.05) is 16.5 Å². The molecule has 5 nitrogen and oxygen atoms in total. The molecule has 166 valence electrons. The van der Waals surface area contributed by atoms with Gasteiger partial charge in [0.25, 0.3) is 0 Å². The minimum atomic E-state index is -0.325. The van der Waals surface area contributed by atoms with Gasteiger partial charge in [-0.2, -0.15) is 4.98 Å². The first-order chi connectivity index (χ1) is 16.0. The number of hydrogen-bond acceptors (Lipinski definition) is 4. The van der Waals surface area contributed by atoms with Crippen molar-refractivity contribution in [2.75, 3.05) is 13.7 Å². The fraction of sp³-hybridized carbons (Fsp3) is 0.214. The predicted molar refractivity (Wildman–Crippen MR) is 132 cm³/mol. The molecular formula is C28H26N2O3. The van der Waals surface area contributed by atoms with Crippen LogP contribution in [0.25, 0.3) is 22.2 Å². The SMILES string of the molecule is C#CCOc1ccc2c(c1)c(-c1ccc(C(C)C)cc1)nc(=O)n2Cc1ccccc1OC. The summed E-state index contributed by atoms with van der Waals surface area (Å²) >= 11 is 0. The summed E-state index contributed by atoms with van der Waals surface area (Å²) in [7, 11) is 1.62. The van der Waals surface area contributed by atoms with Crippen LogP contribution in [0.1, 0.15) is 30.9 Å². The monoisotopic (exact) mass is 438 g/mol. The lowest BCUT2D eigenvalue weighted by Crippen LogP contribution is -2.25. The minimum absolute atomic E-state index is 0.165. The highest BCUT2D eigenvalue weighted by atomic mass is 16.5. The smallest absolute Gasteiger partial charge is 0.348 e. The molecule has 0 aliphatic rings. The quantitative estimate of drug-likeness (QED) is 0.370. The van der Waals surface area contributed by atoms with Gasteiger partial charge in [0.15, 0.2) is 0 Å². The van der Waals surface area contributed by atoms with Crippen molar-refractivity contribution in [1.29, 1.82) is 0 Å². The van der Waals surface area contributed by atoms with Crippen molar-refractivity contribution >= 4 is 10.9 Å². The number of aromatic nitrogens is 2. The molecule has 1 heterocycles. The van der Waals surface area contributed by atoms with E-state index in [1.165, 1.54) is 5.56 Å². The molecular weight excluding hydrogens is 412 g/mol. The molecule has 4 aromatic rings. The Balaban J connectivity index is 1.90. The Morgan fingerprint density at radius 1 is 1.06 bits per heavy atom. The van der Waals surface area contributed by atoms with Gasteiger partial charge in [0.2, 0.25) is 0 Å². The van der Waals surface area contributed by atoms with Crippen molar-refractivity contribution in [2.45, 2.75) is 26.3 Å². The number of para-hydroxylation sites is 1. The van der Waals surface area contributed by atoms with Crippen LogP contribution in [0.5, 0.6) is 11.5 Å². The Bertz CT molecular complexity index is 1380. The van der Waals surface area contributed by atoms with Crippen LogP contribution in [0.2, 0.25) is 0 Å². The minimum Gasteiger partial charge on any atom is -0.496 e. The van der Waals surface area contributed by atoms with E-state index in [0.717, 1.165) is 27.8 Å². The highest BCUT2D eigenvalue weighted by molar-refractivity contribution is 5.93. The zero-order valence-corrected chi connectivity index (χ0v) is 19.0. The van der Waals surface area contributed by atoms with Gasteiger partial charge in [-0.25, -0.2) is 4.79 Å². The summed E-state index contributed by atoms with van der Waals surface area (Å²) in [6.45, 7) is 4.80. The molecule has 0 fully saturated rings. The molecule has 4 rings (SSSR count). The lowest BCUT2D eigenvalue weighted by Gasteiger charge is -2.16. The van der Waals surface area contributed by atoms with Crippen molar-refractivity contribution in [2.24, 2.45) is 0 Å². The van der Waals surface area contributed by atoms with Crippen LogP contribution in [0.15, 0.2) is 71.5 Å². The Morgan fingerprint density at radius 2 is 1.82 bits per heavy atom. The van der Waals surface area contributed by atoms with E-state index in [0.29, 0.717) is 23.9 Å². The van der Waals surface area contributed by atoms with E-state index in [1.54, 1.807) is 11.7 Å². The molecule has 0 unspecified atom stereocenters. The average Bonchev–Trinajstić information content (AvgIpc) is 2.84. The van der Waals surface area contributed by atoms with Crippen molar-refractivity contribution in [3.63, 3.8) is 0 Å². The number of ether oxygens (including phenoxy) is 2. The maximum Gasteiger partial charge on any atom is 0.348 e. The van der Waals surface area contributed by atoms with Crippen molar-refractivity contribution in [3.05, 3.63) is 88.3 Å². The Morgan fingerprint density at radius 3 is 2.52 bits per heavy atom. The summed E-state index contributed by atoms with van der Waals surface area (Å²) < 4.78 is 12.8. The number of methoxy groups -OCH3 is 1. The molecule has 0 N–H and O–H groups in total. The van der Waals surface area contributed by atoms with E-state index >= 15 is 0 Å². The highest BCUT2D eigenvalue weighted by Gasteiger charge is 2.15. The van der Waals surface area contributed by atoms with E-state index in [1.807, 2.05) is 54.6 Å². The van der Waals surface area contributed by atoms with Crippen molar-refractivity contribution in [1.82, 2.24) is 9.55 Å². The van der Waals surface area contributed by atoms with Crippen LogP contribution in [-0.2, 0) is 6.54 Å². The van der Waals surface area contributed by atoms with Crippen molar-refractivity contribution in [3.8, 4) is 35.1 Å². The first-order valence-electron chi connectivity index (χ1n) is 10.8. The second-order valence-corrected chi connectivity index (χ2v) is 8.09. The van der Waals surface area contributed by atoms with Gasteiger partial charge in [-0.05, 0) is 35.7 Å². The zero-order valence-electron chi connectivity index (χ0n) is 19.0. The average molecular weight is 439 g/mol.